The molecule has 1 N–H and O–H groups in total. The number of amides is 1. The Labute approximate surface area is 114 Å². The molecule has 0 aromatic rings. The largest absolute Gasteiger partial charge is 0.371 e. The Balaban J connectivity index is 2.08. The van der Waals surface area contributed by atoms with Crippen LogP contribution in [0.15, 0.2) is 0 Å². The van der Waals surface area contributed by atoms with Gasteiger partial charge in [-0.25, -0.2) is 8.42 Å². The van der Waals surface area contributed by atoms with Gasteiger partial charge < -0.3 is 10.1 Å². The van der Waals surface area contributed by atoms with Crippen LogP contribution >= 0.6 is 0 Å². The smallest absolute Gasteiger partial charge is 0.225 e. The Morgan fingerprint density at radius 1 is 1.42 bits per heavy atom. The molecule has 2 aliphatic heterocycles. The Morgan fingerprint density at radius 2 is 2.11 bits per heavy atom. The molecule has 7 heteroatoms. The van der Waals surface area contributed by atoms with Crippen molar-refractivity contribution in [3.63, 3.8) is 0 Å². The van der Waals surface area contributed by atoms with Gasteiger partial charge in [-0.05, 0) is 12.3 Å². The summed E-state index contributed by atoms with van der Waals surface area (Å²) in [5.74, 6) is -0.0398. The number of hydrogen-bond donors (Lipinski definition) is 1. The standard InChI is InChI=1S/C12H22N2O4S/c1-8(2)7-19(16,17)14-5-9-4-10(12(15)13-3)11(6-14)18-9/h8-11H,4-7H2,1-3H3,(H,13,15)/t9-,10+,11+/m0/s1. The number of morpholine rings is 1. The molecule has 0 unspecified atom stereocenters. The zero-order valence-corrected chi connectivity index (χ0v) is 12.4. The summed E-state index contributed by atoms with van der Waals surface area (Å²) < 4.78 is 31.7. The van der Waals surface area contributed by atoms with E-state index < -0.39 is 10.0 Å². The molecule has 1 amide bonds. The number of fused-ring (bicyclic) bond motifs is 2. The van der Waals surface area contributed by atoms with Crippen LogP contribution in [0, 0.1) is 11.8 Å². The zero-order chi connectivity index (χ0) is 14.2. The lowest BCUT2D eigenvalue weighted by molar-refractivity contribution is -0.126. The molecule has 2 aliphatic rings. The predicted octanol–water partition coefficient (Wildman–Crippen LogP) is -0.192. The number of sulfonamides is 1. The Hall–Kier alpha value is -0.660. The number of nitrogens with zero attached hydrogens (tertiary/aromatic N) is 1. The van der Waals surface area contributed by atoms with E-state index in [4.69, 9.17) is 4.74 Å². The summed E-state index contributed by atoms with van der Waals surface area (Å²) in [5.41, 5.74) is 0. The Bertz CT molecular complexity index is 449. The van der Waals surface area contributed by atoms with Gasteiger partial charge in [0.1, 0.15) is 0 Å². The molecule has 2 bridgehead atoms. The monoisotopic (exact) mass is 290 g/mol. The maximum Gasteiger partial charge on any atom is 0.225 e. The topological polar surface area (TPSA) is 75.7 Å². The second kappa shape index (κ2) is 5.38. The van der Waals surface area contributed by atoms with Crippen LogP contribution in [0.2, 0.25) is 0 Å². The van der Waals surface area contributed by atoms with Gasteiger partial charge in [0.15, 0.2) is 0 Å². The van der Waals surface area contributed by atoms with Crippen LogP contribution in [0.5, 0.6) is 0 Å². The molecule has 0 aliphatic carbocycles. The summed E-state index contributed by atoms with van der Waals surface area (Å²) in [6.07, 6.45) is 0.154. The minimum Gasteiger partial charge on any atom is -0.371 e. The lowest BCUT2D eigenvalue weighted by Gasteiger charge is -2.32. The van der Waals surface area contributed by atoms with Gasteiger partial charge >= 0.3 is 0 Å². The first-order valence-corrected chi connectivity index (χ1v) is 8.29. The van der Waals surface area contributed by atoms with Crippen molar-refractivity contribution in [2.24, 2.45) is 11.8 Å². The summed E-state index contributed by atoms with van der Waals surface area (Å²) in [7, 11) is -1.65. The number of ether oxygens (including phenoxy) is 1. The Morgan fingerprint density at radius 3 is 2.68 bits per heavy atom. The van der Waals surface area contributed by atoms with E-state index in [0.29, 0.717) is 19.5 Å². The second-order valence-electron chi connectivity index (χ2n) is 5.74. The summed E-state index contributed by atoms with van der Waals surface area (Å²) in [4.78, 5) is 11.7. The molecule has 0 saturated carbocycles. The van der Waals surface area contributed by atoms with E-state index in [2.05, 4.69) is 5.32 Å². The minimum atomic E-state index is -3.24. The third kappa shape index (κ3) is 3.09. The number of carbonyl (C=O) groups is 1. The number of carbonyl (C=O) groups excluding carboxylic acids is 1. The van der Waals surface area contributed by atoms with Crippen LogP contribution in [-0.2, 0) is 19.6 Å². The highest BCUT2D eigenvalue weighted by Crippen LogP contribution is 2.33. The van der Waals surface area contributed by atoms with Gasteiger partial charge in [-0.2, -0.15) is 4.31 Å². The summed E-state index contributed by atoms with van der Waals surface area (Å²) >= 11 is 0. The fraction of sp³-hybridized carbons (Fsp3) is 0.917. The van der Waals surface area contributed by atoms with Gasteiger partial charge in [-0.15, -0.1) is 0 Å². The molecule has 2 saturated heterocycles. The number of nitrogens with one attached hydrogen (secondary N) is 1. The van der Waals surface area contributed by atoms with Crippen LogP contribution in [-0.4, -0.2) is 56.7 Å². The minimum absolute atomic E-state index is 0.0596. The molecule has 0 radical (unpaired) electrons. The van der Waals surface area contributed by atoms with E-state index >= 15 is 0 Å². The molecule has 6 nitrogen and oxygen atoms in total. The average Bonchev–Trinajstić information content (AvgIpc) is 2.61. The quantitative estimate of drug-likeness (QED) is 0.778. The summed E-state index contributed by atoms with van der Waals surface area (Å²) in [6, 6.07) is 0. The van der Waals surface area contributed by atoms with Gasteiger partial charge in [0, 0.05) is 20.1 Å². The summed E-state index contributed by atoms with van der Waals surface area (Å²) in [5, 5.41) is 2.62. The molecule has 2 fully saturated rings. The average molecular weight is 290 g/mol. The van der Waals surface area contributed by atoms with Gasteiger partial charge in [0.2, 0.25) is 15.9 Å². The number of rotatable bonds is 4. The molecule has 19 heavy (non-hydrogen) atoms. The molecular weight excluding hydrogens is 268 g/mol. The molecule has 0 spiro atoms. The molecule has 2 rings (SSSR count). The van der Waals surface area contributed by atoms with E-state index in [1.54, 1.807) is 7.05 Å². The van der Waals surface area contributed by atoms with Crippen LogP contribution in [0.4, 0.5) is 0 Å². The Kier molecular flexibility index (Phi) is 4.17. The van der Waals surface area contributed by atoms with Gasteiger partial charge in [-0.1, -0.05) is 13.8 Å². The number of hydrogen-bond acceptors (Lipinski definition) is 4. The lowest BCUT2D eigenvalue weighted by atomic mass is 10.00. The van der Waals surface area contributed by atoms with E-state index in [0.717, 1.165) is 0 Å². The SMILES string of the molecule is CNC(=O)[C@@H]1C[C@H]2CN(S(=O)(=O)CC(C)C)C[C@H]1O2. The molecule has 0 aromatic heterocycles. The summed E-state index contributed by atoms with van der Waals surface area (Å²) in [6.45, 7) is 4.45. The van der Waals surface area contributed by atoms with Crippen LogP contribution in [0.25, 0.3) is 0 Å². The first-order chi connectivity index (χ1) is 8.83. The molecule has 2 heterocycles. The lowest BCUT2D eigenvalue weighted by Crippen LogP contribution is -2.48. The van der Waals surface area contributed by atoms with E-state index in [1.807, 2.05) is 13.8 Å². The van der Waals surface area contributed by atoms with E-state index in [-0.39, 0.29) is 35.7 Å². The highest BCUT2D eigenvalue weighted by atomic mass is 32.2. The third-order valence-corrected chi connectivity index (χ3v) is 5.82. The van der Waals surface area contributed by atoms with Gasteiger partial charge in [0.25, 0.3) is 0 Å². The normalized spacial score (nSPS) is 31.7. The second-order valence-corrected chi connectivity index (χ2v) is 7.76. The van der Waals surface area contributed by atoms with Crippen molar-refractivity contribution in [2.45, 2.75) is 32.5 Å². The van der Waals surface area contributed by atoms with E-state index in [1.165, 1.54) is 4.31 Å². The molecule has 110 valence electrons. The van der Waals surface area contributed by atoms with Crippen molar-refractivity contribution in [2.75, 3.05) is 25.9 Å². The van der Waals surface area contributed by atoms with Crippen LogP contribution < -0.4 is 5.32 Å². The van der Waals surface area contributed by atoms with Crippen molar-refractivity contribution in [1.29, 1.82) is 0 Å². The highest BCUT2D eigenvalue weighted by Gasteiger charge is 2.46. The fourth-order valence-corrected chi connectivity index (χ4v) is 4.66. The maximum atomic E-state index is 12.2. The van der Waals surface area contributed by atoms with E-state index in [9.17, 15) is 13.2 Å². The van der Waals surface area contributed by atoms with Crippen molar-refractivity contribution in [1.82, 2.24) is 9.62 Å². The van der Waals surface area contributed by atoms with Crippen molar-refractivity contribution in [3.05, 3.63) is 0 Å². The third-order valence-electron chi connectivity index (χ3n) is 3.64. The van der Waals surface area contributed by atoms with Crippen LogP contribution in [0.3, 0.4) is 0 Å². The van der Waals surface area contributed by atoms with Crippen molar-refractivity contribution < 1.29 is 17.9 Å². The molecular formula is C12H22N2O4S. The van der Waals surface area contributed by atoms with Gasteiger partial charge in [-0.3, -0.25) is 4.79 Å². The maximum absolute atomic E-state index is 12.2. The van der Waals surface area contributed by atoms with Crippen molar-refractivity contribution in [3.8, 4) is 0 Å². The van der Waals surface area contributed by atoms with Crippen LogP contribution in [0.1, 0.15) is 20.3 Å². The van der Waals surface area contributed by atoms with Gasteiger partial charge in [0.05, 0.1) is 23.9 Å². The molecule has 0 aromatic carbocycles. The first kappa shape index (κ1) is 14.7. The fourth-order valence-electron chi connectivity index (χ4n) is 2.84. The first-order valence-electron chi connectivity index (χ1n) is 6.68. The zero-order valence-electron chi connectivity index (χ0n) is 11.6. The molecule has 3 atom stereocenters. The predicted molar refractivity (Wildman–Crippen MR) is 71.0 cm³/mol. The van der Waals surface area contributed by atoms with Crippen molar-refractivity contribution >= 4 is 15.9 Å². The highest BCUT2D eigenvalue weighted by molar-refractivity contribution is 7.89.